The highest BCUT2D eigenvalue weighted by molar-refractivity contribution is 6.30. The van der Waals surface area contributed by atoms with Crippen LogP contribution >= 0.6 is 11.6 Å². The molecule has 8 heteroatoms. The fraction of sp³-hybridized carbons (Fsp3) is 0.500. The first-order valence-electron chi connectivity index (χ1n) is 8.61. The van der Waals surface area contributed by atoms with Crippen LogP contribution in [0.25, 0.3) is 0 Å². The second kappa shape index (κ2) is 10.8. The van der Waals surface area contributed by atoms with E-state index in [2.05, 4.69) is 10.6 Å². The summed E-state index contributed by atoms with van der Waals surface area (Å²) in [5.74, 6) is -1.06. The molecule has 26 heavy (non-hydrogen) atoms. The first-order chi connectivity index (χ1) is 12.2. The van der Waals surface area contributed by atoms with Gasteiger partial charge in [0.2, 0.25) is 17.7 Å². The van der Waals surface area contributed by atoms with Gasteiger partial charge in [-0.3, -0.25) is 14.4 Å². The maximum absolute atomic E-state index is 12.3. The van der Waals surface area contributed by atoms with Crippen molar-refractivity contribution in [2.24, 2.45) is 11.7 Å². The van der Waals surface area contributed by atoms with E-state index in [1.54, 1.807) is 24.3 Å². The summed E-state index contributed by atoms with van der Waals surface area (Å²) < 4.78 is 0. The van der Waals surface area contributed by atoms with E-state index in [1.807, 2.05) is 20.8 Å². The third-order valence-corrected chi connectivity index (χ3v) is 4.00. The number of halogens is 1. The number of hydrogen-bond donors (Lipinski definition) is 3. The Hall–Kier alpha value is -2.12. The average Bonchev–Trinajstić information content (AvgIpc) is 2.60. The topological polar surface area (TPSA) is 105 Å². The highest BCUT2D eigenvalue weighted by Gasteiger charge is 2.20. The zero-order valence-corrected chi connectivity index (χ0v) is 16.2. The van der Waals surface area contributed by atoms with Crippen LogP contribution in [0.5, 0.6) is 0 Å². The molecule has 0 aliphatic rings. The molecule has 1 aromatic rings. The molecule has 0 fully saturated rings. The van der Waals surface area contributed by atoms with Gasteiger partial charge in [0, 0.05) is 17.3 Å². The summed E-state index contributed by atoms with van der Waals surface area (Å²) in [6.07, 6.45) is 0.694. The summed E-state index contributed by atoms with van der Waals surface area (Å²) in [4.78, 5) is 37.8. The first kappa shape index (κ1) is 21.9. The van der Waals surface area contributed by atoms with E-state index < -0.39 is 6.04 Å². The maximum atomic E-state index is 12.3. The van der Waals surface area contributed by atoms with Gasteiger partial charge < -0.3 is 21.3 Å². The highest BCUT2D eigenvalue weighted by Crippen LogP contribution is 2.13. The SMILES string of the molecule is CCCN(CC(=O)Nc1ccc(Cl)cc1)C(=O)CNC(=O)[C@@H](N)C(C)C. The molecule has 1 rings (SSSR count). The quantitative estimate of drug-likeness (QED) is 0.603. The lowest BCUT2D eigenvalue weighted by Gasteiger charge is -2.22. The number of nitrogens with one attached hydrogen (secondary N) is 2. The Balaban J connectivity index is 2.57. The molecule has 1 atom stereocenters. The van der Waals surface area contributed by atoms with Gasteiger partial charge in [0.15, 0.2) is 0 Å². The minimum atomic E-state index is -0.671. The number of amides is 3. The number of anilines is 1. The molecular weight excluding hydrogens is 356 g/mol. The van der Waals surface area contributed by atoms with Crippen LogP contribution in [-0.4, -0.2) is 48.3 Å². The normalized spacial score (nSPS) is 11.8. The van der Waals surface area contributed by atoms with Gasteiger partial charge in [0.25, 0.3) is 0 Å². The van der Waals surface area contributed by atoms with Crippen molar-refractivity contribution in [3.8, 4) is 0 Å². The monoisotopic (exact) mass is 382 g/mol. The van der Waals surface area contributed by atoms with Crippen LogP contribution in [0, 0.1) is 5.92 Å². The van der Waals surface area contributed by atoms with Crippen LogP contribution in [0.3, 0.4) is 0 Å². The van der Waals surface area contributed by atoms with Gasteiger partial charge in [-0.1, -0.05) is 32.4 Å². The van der Waals surface area contributed by atoms with Crippen LogP contribution < -0.4 is 16.4 Å². The number of nitrogens with zero attached hydrogens (tertiary/aromatic N) is 1. The number of rotatable bonds is 9. The number of carbonyl (C=O) groups excluding carboxylic acids is 3. The molecule has 0 aliphatic carbocycles. The van der Waals surface area contributed by atoms with Crippen molar-refractivity contribution in [2.75, 3.05) is 25.0 Å². The summed E-state index contributed by atoms with van der Waals surface area (Å²) >= 11 is 5.81. The molecule has 0 saturated carbocycles. The number of benzene rings is 1. The van der Waals surface area contributed by atoms with Gasteiger partial charge in [0.1, 0.15) is 0 Å². The molecular formula is C18H27ClN4O3. The van der Waals surface area contributed by atoms with Crippen molar-refractivity contribution >= 4 is 35.0 Å². The highest BCUT2D eigenvalue weighted by atomic mass is 35.5. The van der Waals surface area contributed by atoms with Gasteiger partial charge >= 0.3 is 0 Å². The van der Waals surface area contributed by atoms with Gasteiger partial charge in [-0.05, 0) is 36.6 Å². The Morgan fingerprint density at radius 2 is 1.81 bits per heavy atom. The number of nitrogens with two attached hydrogens (primary N) is 1. The van der Waals surface area contributed by atoms with E-state index in [-0.39, 0.29) is 36.7 Å². The second-order valence-corrected chi connectivity index (χ2v) is 6.79. The fourth-order valence-electron chi connectivity index (χ4n) is 2.16. The Bertz CT molecular complexity index is 619. The van der Waals surface area contributed by atoms with E-state index in [1.165, 1.54) is 4.90 Å². The largest absolute Gasteiger partial charge is 0.346 e. The number of carbonyl (C=O) groups is 3. The molecule has 0 bridgehead atoms. The zero-order valence-electron chi connectivity index (χ0n) is 15.4. The first-order valence-corrected chi connectivity index (χ1v) is 8.98. The molecule has 0 unspecified atom stereocenters. The summed E-state index contributed by atoms with van der Waals surface area (Å²) in [7, 11) is 0. The average molecular weight is 383 g/mol. The summed E-state index contributed by atoms with van der Waals surface area (Å²) in [5.41, 5.74) is 6.34. The zero-order chi connectivity index (χ0) is 19.7. The molecule has 1 aromatic carbocycles. The molecule has 7 nitrogen and oxygen atoms in total. The van der Waals surface area contributed by atoms with E-state index in [0.717, 1.165) is 0 Å². The van der Waals surface area contributed by atoms with E-state index >= 15 is 0 Å². The van der Waals surface area contributed by atoms with Crippen LogP contribution in [0.2, 0.25) is 5.02 Å². The molecule has 0 spiro atoms. The van der Waals surface area contributed by atoms with Gasteiger partial charge in [0.05, 0.1) is 19.1 Å². The van der Waals surface area contributed by atoms with Gasteiger partial charge in [-0.25, -0.2) is 0 Å². The Morgan fingerprint density at radius 1 is 1.19 bits per heavy atom. The van der Waals surface area contributed by atoms with Crippen LogP contribution in [0.1, 0.15) is 27.2 Å². The summed E-state index contributed by atoms with van der Waals surface area (Å²) in [6, 6.07) is 6.02. The van der Waals surface area contributed by atoms with Crippen LogP contribution in [-0.2, 0) is 14.4 Å². The molecule has 4 N–H and O–H groups in total. The van der Waals surface area contributed by atoms with Crippen molar-refractivity contribution in [3.63, 3.8) is 0 Å². The van der Waals surface area contributed by atoms with Crippen molar-refractivity contribution in [1.82, 2.24) is 10.2 Å². The minimum Gasteiger partial charge on any atom is -0.346 e. The van der Waals surface area contributed by atoms with Crippen LogP contribution in [0.4, 0.5) is 5.69 Å². The van der Waals surface area contributed by atoms with Gasteiger partial charge in [-0.2, -0.15) is 0 Å². The van der Waals surface area contributed by atoms with Crippen molar-refractivity contribution in [3.05, 3.63) is 29.3 Å². The predicted octanol–water partition coefficient (Wildman–Crippen LogP) is 1.62. The van der Waals surface area contributed by atoms with E-state index in [4.69, 9.17) is 17.3 Å². The lowest BCUT2D eigenvalue weighted by Crippen LogP contribution is -2.49. The molecule has 144 valence electrons. The minimum absolute atomic E-state index is 0.0259. The van der Waals surface area contributed by atoms with E-state index in [0.29, 0.717) is 23.7 Å². The molecule has 0 aliphatic heterocycles. The summed E-state index contributed by atoms with van der Waals surface area (Å²) in [6.45, 7) is 5.70. The van der Waals surface area contributed by atoms with Crippen molar-refractivity contribution in [1.29, 1.82) is 0 Å². The summed E-state index contributed by atoms with van der Waals surface area (Å²) in [5, 5.41) is 5.81. The van der Waals surface area contributed by atoms with Crippen LogP contribution in [0.15, 0.2) is 24.3 Å². The smallest absolute Gasteiger partial charge is 0.243 e. The van der Waals surface area contributed by atoms with Crippen molar-refractivity contribution in [2.45, 2.75) is 33.2 Å². The third kappa shape index (κ3) is 7.41. The molecule has 0 saturated heterocycles. The van der Waals surface area contributed by atoms with Gasteiger partial charge in [-0.15, -0.1) is 0 Å². The maximum Gasteiger partial charge on any atom is 0.243 e. The third-order valence-electron chi connectivity index (χ3n) is 3.74. The molecule has 0 heterocycles. The Labute approximate surface area is 159 Å². The lowest BCUT2D eigenvalue weighted by atomic mass is 10.1. The standard InChI is InChI=1S/C18H27ClN4O3/c1-4-9-23(16(25)10-21-18(26)17(20)12(2)3)11-15(24)22-14-7-5-13(19)6-8-14/h5-8,12,17H,4,9-11,20H2,1-3H3,(H,21,26)(H,22,24)/t17-/m0/s1. The van der Waals surface area contributed by atoms with E-state index in [9.17, 15) is 14.4 Å². The predicted molar refractivity (Wildman–Crippen MR) is 103 cm³/mol. The fourth-order valence-corrected chi connectivity index (χ4v) is 2.29. The lowest BCUT2D eigenvalue weighted by molar-refractivity contribution is -0.135. The molecule has 0 radical (unpaired) electrons. The van der Waals surface area contributed by atoms with Crippen molar-refractivity contribution < 1.29 is 14.4 Å². The second-order valence-electron chi connectivity index (χ2n) is 6.36. The molecule has 3 amide bonds. The Morgan fingerprint density at radius 3 is 2.35 bits per heavy atom. The number of hydrogen-bond acceptors (Lipinski definition) is 4. The molecule has 0 aromatic heterocycles. The Kier molecular flexibility index (Phi) is 9.09.